The Hall–Kier alpha value is -2.30. The lowest BCUT2D eigenvalue weighted by Gasteiger charge is -2.26. The van der Waals surface area contributed by atoms with Gasteiger partial charge in [0.2, 0.25) is 10.0 Å². The molecule has 2 heterocycles. The van der Waals surface area contributed by atoms with E-state index >= 15 is 0 Å². The van der Waals surface area contributed by atoms with E-state index in [0.717, 1.165) is 0 Å². The van der Waals surface area contributed by atoms with Crippen molar-refractivity contribution in [2.45, 2.75) is 19.8 Å². The number of halogens is 1. The fraction of sp³-hybridized carbons (Fsp3) is 0.474. The van der Waals surface area contributed by atoms with Crippen LogP contribution in [0.5, 0.6) is 0 Å². The van der Waals surface area contributed by atoms with Crippen molar-refractivity contribution in [1.82, 2.24) is 19.4 Å². The summed E-state index contributed by atoms with van der Waals surface area (Å²) in [6, 6.07) is 5.84. The Kier molecular flexibility index (Phi) is 6.66. The maximum absolute atomic E-state index is 13.2. The van der Waals surface area contributed by atoms with Crippen molar-refractivity contribution in [1.29, 1.82) is 0 Å². The van der Waals surface area contributed by atoms with Crippen molar-refractivity contribution < 1.29 is 22.3 Å². The molecule has 158 valence electrons. The Morgan fingerprint density at radius 2 is 1.90 bits per heavy atom. The molecule has 0 saturated carbocycles. The number of rotatable bonds is 7. The van der Waals surface area contributed by atoms with Gasteiger partial charge >= 0.3 is 0 Å². The van der Waals surface area contributed by atoms with Crippen LogP contribution in [0.4, 0.5) is 4.39 Å². The molecule has 3 rings (SSSR count). The minimum Gasteiger partial charge on any atom is -0.379 e. The molecule has 29 heavy (non-hydrogen) atoms. The van der Waals surface area contributed by atoms with E-state index in [1.165, 1.54) is 22.6 Å². The van der Waals surface area contributed by atoms with Gasteiger partial charge in [0.25, 0.3) is 5.91 Å². The molecule has 1 aliphatic heterocycles. The molecule has 1 fully saturated rings. The first-order chi connectivity index (χ1) is 13.8. The summed E-state index contributed by atoms with van der Waals surface area (Å²) in [6.07, 6.45) is 1.45. The van der Waals surface area contributed by atoms with E-state index in [9.17, 15) is 17.6 Å². The summed E-state index contributed by atoms with van der Waals surface area (Å²) in [7, 11) is -3.45. The number of amides is 1. The van der Waals surface area contributed by atoms with Crippen LogP contribution < -0.4 is 5.32 Å². The van der Waals surface area contributed by atoms with E-state index in [0.29, 0.717) is 43.2 Å². The average Bonchev–Trinajstić information content (AvgIpc) is 3.14. The predicted octanol–water partition coefficient (Wildman–Crippen LogP) is 1.53. The zero-order valence-electron chi connectivity index (χ0n) is 16.5. The third-order valence-corrected chi connectivity index (χ3v) is 6.55. The molecule has 1 aliphatic rings. The third kappa shape index (κ3) is 5.01. The number of ether oxygens (including phenoxy) is 1. The molecular weight excluding hydrogens is 399 g/mol. The zero-order valence-corrected chi connectivity index (χ0v) is 17.3. The van der Waals surface area contributed by atoms with Gasteiger partial charge in [0.05, 0.1) is 42.1 Å². The topological polar surface area (TPSA) is 93.5 Å². The summed E-state index contributed by atoms with van der Waals surface area (Å²) in [5.74, 6) is -0.951. The number of carbonyl (C=O) groups excluding carboxylic acids is 1. The van der Waals surface area contributed by atoms with Gasteiger partial charge in [-0.2, -0.15) is 9.40 Å². The molecule has 1 aromatic heterocycles. The van der Waals surface area contributed by atoms with Gasteiger partial charge in [-0.05, 0) is 30.2 Å². The number of carbonyl (C=O) groups is 1. The van der Waals surface area contributed by atoms with E-state index in [-0.39, 0.29) is 29.9 Å². The van der Waals surface area contributed by atoms with Crippen LogP contribution >= 0.6 is 0 Å². The van der Waals surface area contributed by atoms with E-state index in [1.54, 1.807) is 16.8 Å². The lowest BCUT2D eigenvalue weighted by Crippen LogP contribution is -2.43. The van der Waals surface area contributed by atoms with Crippen molar-refractivity contribution in [2.75, 3.05) is 38.6 Å². The van der Waals surface area contributed by atoms with Crippen molar-refractivity contribution in [2.24, 2.45) is 0 Å². The molecule has 1 saturated heterocycles. The van der Waals surface area contributed by atoms with Crippen LogP contribution in [0.3, 0.4) is 0 Å². The average molecular weight is 424 g/mol. The first kappa shape index (κ1) is 21.4. The van der Waals surface area contributed by atoms with Crippen molar-refractivity contribution in [3.05, 3.63) is 47.5 Å². The smallest absolute Gasteiger partial charge is 0.254 e. The Bertz CT molecular complexity index is 951. The van der Waals surface area contributed by atoms with Crippen molar-refractivity contribution in [3.8, 4) is 5.69 Å². The molecule has 0 bridgehead atoms. The van der Waals surface area contributed by atoms with E-state index < -0.39 is 10.0 Å². The fourth-order valence-corrected chi connectivity index (χ4v) is 4.54. The molecule has 8 nitrogen and oxygen atoms in total. The lowest BCUT2D eigenvalue weighted by atomic mass is 10.1. The minimum atomic E-state index is -3.45. The minimum absolute atomic E-state index is 0.00220. The van der Waals surface area contributed by atoms with Gasteiger partial charge in [0, 0.05) is 19.6 Å². The largest absolute Gasteiger partial charge is 0.379 e. The molecule has 0 unspecified atom stereocenters. The molecule has 0 radical (unpaired) electrons. The van der Waals surface area contributed by atoms with Crippen LogP contribution in [-0.4, -0.2) is 67.0 Å². The highest BCUT2D eigenvalue weighted by atomic mass is 32.2. The molecule has 0 spiro atoms. The number of aromatic nitrogens is 2. The maximum atomic E-state index is 13.2. The van der Waals surface area contributed by atoms with Crippen LogP contribution in [0.1, 0.15) is 35.8 Å². The number of morpholine rings is 1. The standard InChI is InChI=1S/C19H25FN4O4S/c1-14(2)18-17(13-22-24(18)16-5-3-15(20)4-6-16)19(25)21-7-12-29(26,27)23-8-10-28-11-9-23/h3-6,13-14H,7-12H2,1-2H3,(H,21,25). The summed E-state index contributed by atoms with van der Waals surface area (Å²) >= 11 is 0. The van der Waals surface area contributed by atoms with E-state index in [4.69, 9.17) is 4.74 Å². The second-order valence-electron chi connectivity index (χ2n) is 7.07. The van der Waals surface area contributed by atoms with Gasteiger partial charge in [0.15, 0.2) is 0 Å². The van der Waals surface area contributed by atoms with E-state index in [1.807, 2.05) is 13.8 Å². The lowest BCUT2D eigenvalue weighted by molar-refractivity contribution is 0.0730. The molecule has 2 aromatic rings. The van der Waals surface area contributed by atoms with Gasteiger partial charge in [-0.15, -0.1) is 0 Å². The van der Waals surface area contributed by atoms with Crippen LogP contribution in [0.2, 0.25) is 0 Å². The molecule has 0 aliphatic carbocycles. The number of sulfonamides is 1. The molecule has 0 atom stereocenters. The predicted molar refractivity (Wildman–Crippen MR) is 106 cm³/mol. The van der Waals surface area contributed by atoms with Gasteiger partial charge < -0.3 is 10.1 Å². The first-order valence-electron chi connectivity index (χ1n) is 9.47. The van der Waals surface area contributed by atoms with Gasteiger partial charge in [-0.25, -0.2) is 17.5 Å². The van der Waals surface area contributed by atoms with Gasteiger partial charge in [-0.3, -0.25) is 4.79 Å². The summed E-state index contributed by atoms with van der Waals surface area (Å²) in [6.45, 7) is 5.28. The normalized spacial score (nSPS) is 15.6. The quantitative estimate of drug-likeness (QED) is 0.728. The van der Waals surface area contributed by atoms with Crippen LogP contribution in [0.25, 0.3) is 5.69 Å². The summed E-state index contributed by atoms with van der Waals surface area (Å²) < 4.78 is 46.1. The van der Waals surface area contributed by atoms with Crippen LogP contribution in [-0.2, 0) is 14.8 Å². The Balaban J connectivity index is 1.70. The Morgan fingerprint density at radius 3 is 2.52 bits per heavy atom. The monoisotopic (exact) mass is 424 g/mol. The van der Waals surface area contributed by atoms with Crippen molar-refractivity contribution in [3.63, 3.8) is 0 Å². The highest BCUT2D eigenvalue weighted by Crippen LogP contribution is 2.23. The highest BCUT2D eigenvalue weighted by molar-refractivity contribution is 7.89. The van der Waals surface area contributed by atoms with Gasteiger partial charge in [-0.1, -0.05) is 13.8 Å². The number of hydrogen-bond donors (Lipinski definition) is 1. The molecule has 1 amide bonds. The van der Waals surface area contributed by atoms with Crippen molar-refractivity contribution >= 4 is 15.9 Å². The van der Waals surface area contributed by atoms with Crippen LogP contribution in [0, 0.1) is 5.82 Å². The molecule has 1 aromatic carbocycles. The number of benzene rings is 1. The molecular formula is C19H25FN4O4S. The highest BCUT2D eigenvalue weighted by Gasteiger charge is 2.25. The Labute approximate surface area is 169 Å². The zero-order chi connectivity index (χ0) is 21.0. The van der Waals surface area contributed by atoms with E-state index in [2.05, 4.69) is 10.4 Å². The summed E-state index contributed by atoms with van der Waals surface area (Å²) in [5.41, 5.74) is 1.68. The third-order valence-electron chi connectivity index (χ3n) is 4.68. The molecule has 1 N–H and O–H groups in total. The number of nitrogens with one attached hydrogen (secondary N) is 1. The maximum Gasteiger partial charge on any atom is 0.254 e. The summed E-state index contributed by atoms with van der Waals surface area (Å²) in [5, 5.41) is 6.96. The molecule has 10 heteroatoms. The number of nitrogens with zero attached hydrogens (tertiary/aromatic N) is 3. The van der Waals surface area contributed by atoms with Gasteiger partial charge in [0.1, 0.15) is 5.82 Å². The fourth-order valence-electron chi connectivity index (χ4n) is 3.22. The second kappa shape index (κ2) is 9.02. The van der Waals surface area contributed by atoms with Crippen LogP contribution in [0.15, 0.2) is 30.5 Å². The SMILES string of the molecule is CC(C)c1c(C(=O)NCCS(=O)(=O)N2CCOCC2)cnn1-c1ccc(F)cc1. The Morgan fingerprint density at radius 1 is 1.24 bits per heavy atom. The number of hydrogen-bond acceptors (Lipinski definition) is 5. The second-order valence-corrected chi connectivity index (χ2v) is 9.16. The summed E-state index contributed by atoms with van der Waals surface area (Å²) in [4.78, 5) is 12.7. The first-order valence-corrected chi connectivity index (χ1v) is 11.1.